The predicted molar refractivity (Wildman–Crippen MR) is 133 cm³/mol. The first kappa shape index (κ1) is 22.9. The van der Waals surface area contributed by atoms with Gasteiger partial charge in [0, 0.05) is 25.9 Å². The number of carbonyl (C=O) groups is 1. The second kappa shape index (κ2) is 10.1. The number of anilines is 1. The van der Waals surface area contributed by atoms with Crippen LogP contribution in [0.4, 0.5) is 5.82 Å². The lowest BCUT2D eigenvalue weighted by Crippen LogP contribution is -2.35. The van der Waals surface area contributed by atoms with Crippen LogP contribution in [-0.2, 0) is 9.53 Å². The van der Waals surface area contributed by atoms with Gasteiger partial charge in [-0.2, -0.15) is 0 Å². The molecular formula is C23H28N4O3S2. The van der Waals surface area contributed by atoms with Crippen molar-refractivity contribution in [1.29, 1.82) is 0 Å². The van der Waals surface area contributed by atoms with Gasteiger partial charge in [-0.15, -0.1) is 0 Å². The summed E-state index contributed by atoms with van der Waals surface area (Å²) < 4.78 is 7.72. The van der Waals surface area contributed by atoms with Crippen molar-refractivity contribution in [1.82, 2.24) is 14.3 Å². The molecular weight excluding hydrogens is 444 g/mol. The molecule has 32 heavy (non-hydrogen) atoms. The first-order chi connectivity index (χ1) is 15.5. The maximum atomic E-state index is 13.5. The lowest BCUT2D eigenvalue weighted by Gasteiger charge is -2.24. The summed E-state index contributed by atoms with van der Waals surface area (Å²) in [4.78, 5) is 35.6. The molecule has 7 nitrogen and oxygen atoms in total. The Morgan fingerprint density at radius 3 is 2.75 bits per heavy atom. The highest BCUT2D eigenvalue weighted by Crippen LogP contribution is 2.34. The molecule has 0 spiro atoms. The third kappa shape index (κ3) is 4.60. The number of fused-ring (bicyclic) bond motifs is 1. The fraction of sp³-hybridized carbons (Fsp3) is 0.478. The summed E-state index contributed by atoms with van der Waals surface area (Å²) in [5.41, 5.74) is 0.827. The number of nitrogens with zero attached hydrogens (tertiary/aromatic N) is 4. The number of hydrogen-bond acceptors (Lipinski definition) is 7. The van der Waals surface area contributed by atoms with E-state index < -0.39 is 0 Å². The van der Waals surface area contributed by atoms with Crippen LogP contribution >= 0.6 is 24.0 Å². The molecule has 2 aromatic rings. The highest BCUT2D eigenvalue weighted by Gasteiger charge is 2.35. The summed E-state index contributed by atoms with van der Waals surface area (Å²) in [6.07, 6.45) is 7.19. The largest absolute Gasteiger partial charge is 0.376 e. The van der Waals surface area contributed by atoms with E-state index in [2.05, 4.69) is 18.7 Å². The minimum atomic E-state index is -0.188. The molecule has 1 amide bonds. The molecule has 2 saturated heterocycles. The normalized spacial score (nSPS) is 20.1. The van der Waals surface area contributed by atoms with Gasteiger partial charge in [0.05, 0.1) is 23.1 Å². The van der Waals surface area contributed by atoms with E-state index in [4.69, 9.17) is 21.9 Å². The number of carbonyl (C=O) groups excluding carboxylic acids is 1. The number of thiocarbonyl (C=S) groups is 1. The van der Waals surface area contributed by atoms with E-state index in [1.165, 1.54) is 16.2 Å². The van der Waals surface area contributed by atoms with Gasteiger partial charge in [0.1, 0.15) is 15.8 Å². The molecule has 0 N–H and O–H groups in total. The van der Waals surface area contributed by atoms with Crippen molar-refractivity contribution >= 4 is 51.7 Å². The summed E-state index contributed by atoms with van der Waals surface area (Å²) >= 11 is 6.73. The van der Waals surface area contributed by atoms with E-state index in [-0.39, 0.29) is 17.6 Å². The van der Waals surface area contributed by atoms with Gasteiger partial charge in [-0.1, -0.05) is 43.9 Å². The van der Waals surface area contributed by atoms with Crippen LogP contribution < -0.4 is 10.5 Å². The van der Waals surface area contributed by atoms with Crippen molar-refractivity contribution in [2.45, 2.75) is 45.6 Å². The molecule has 4 rings (SSSR count). The maximum Gasteiger partial charge on any atom is 0.267 e. The number of rotatable bonds is 8. The van der Waals surface area contributed by atoms with Gasteiger partial charge in [0.25, 0.3) is 11.5 Å². The van der Waals surface area contributed by atoms with Gasteiger partial charge in [-0.05, 0) is 43.9 Å². The van der Waals surface area contributed by atoms with Crippen LogP contribution in [0.3, 0.4) is 0 Å². The highest BCUT2D eigenvalue weighted by atomic mass is 32.2. The smallest absolute Gasteiger partial charge is 0.267 e. The summed E-state index contributed by atoms with van der Waals surface area (Å²) in [5.74, 6) is 0.450. The van der Waals surface area contributed by atoms with Crippen LogP contribution in [0.2, 0.25) is 0 Å². The van der Waals surface area contributed by atoms with E-state index in [0.717, 1.165) is 45.4 Å². The molecule has 0 aliphatic carbocycles. The van der Waals surface area contributed by atoms with E-state index in [1.807, 2.05) is 12.1 Å². The molecule has 170 valence electrons. The lowest BCUT2D eigenvalue weighted by atomic mass is 10.2. The molecule has 2 aromatic heterocycles. The molecule has 1 atom stereocenters. The average Bonchev–Trinajstić information content (AvgIpc) is 3.39. The van der Waals surface area contributed by atoms with E-state index >= 15 is 0 Å². The van der Waals surface area contributed by atoms with Crippen LogP contribution in [0.25, 0.3) is 11.7 Å². The quantitative estimate of drug-likeness (QED) is 0.429. The monoisotopic (exact) mass is 472 g/mol. The summed E-state index contributed by atoms with van der Waals surface area (Å²) in [6, 6.07) is 5.49. The van der Waals surface area contributed by atoms with Crippen molar-refractivity contribution in [2.75, 3.05) is 31.1 Å². The van der Waals surface area contributed by atoms with Gasteiger partial charge in [-0.25, -0.2) is 4.98 Å². The molecule has 0 unspecified atom stereocenters. The van der Waals surface area contributed by atoms with Gasteiger partial charge >= 0.3 is 0 Å². The Bertz CT molecular complexity index is 1100. The first-order valence-corrected chi connectivity index (χ1v) is 12.4. The maximum absolute atomic E-state index is 13.5. The van der Waals surface area contributed by atoms with Crippen molar-refractivity contribution < 1.29 is 9.53 Å². The zero-order chi connectivity index (χ0) is 22.7. The molecule has 2 aliphatic heterocycles. The van der Waals surface area contributed by atoms with Crippen LogP contribution in [0.1, 0.15) is 45.1 Å². The Hall–Kier alpha value is -2.23. The molecule has 2 fully saturated rings. The van der Waals surface area contributed by atoms with Gasteiger partial charge in [0.15, 0.2) is 0 Å². The molecule has 2 aliphatic rings. The number of pyridine rings is 1. The molecule has 9 heteroatoms. The summed E-state index contributed by atoms with van der Waals surface area (Å²) in [7, 11) is 0. The van der Waals surface area contributed by atoms with Crippen LogP contribution in [0.15, 0.2) is 34.1 Å². The van der Waals surface area contributed by atoms with Crippen LogP contribution in [0.5, 0.6) is 0 Å². The van der Waals surface area contributed by atoms with Gasteiger partial charge in [-0.3, -0.25) is 18.9 Å². The number of thioether (sulfide) groups is 1. The van der Waals surface area contributed by atoms with Crippen LogP contribution in [-0.4, -0.2) is 56.9 Å². The van der Waals surface area contributed by atoms with Crippen molar-refractivity contribution in [3.05, 3.63) is 45.2 Å². The first-order valence-electron chi connectivity index (χ1n) is 11.2. The Balaban J connectivity index is 1.77. The Morgan fingerprint density at radius 2 is 2.06 bits per heavy atom. The lowest BCUT2D eigenvalue weighted by molar-refractivity contribution is -0.123. The standard InChI is InChI=1S/C23H28N4O3S2/c1-3-10-25(11-4-2)20-17(21(28)26-12-6-5-9-19(26)24-20)14-18-22(29)27(23(31)32-18)15-16-8-7-13-30-16/h5-6,9,12,14,16H,3-4,7-8,10-11,13,15H2,1-2H3/b18-14-/t16-/m1/s1. The summed E-state index contributed by atoms with van der Waals surface area (Å²) in [6.45, 7) is 6.96. The molecule has 0 saturated carbocycles. The Labute approximate surface area is 197 Å². The second-order valence-corrected chi connectivity index (χ2v) is 9.67. The van der Waals surface area contributed by atoms with Crippen molar-refractivity contribution in [3.63, 3.8) is 0 Å². The zero-order valence-electron chi connectivity index (χ0n) is 18.5. The van der Waals surface area contributed by atoms with E-state index in [9.17, 15) is 9.59 Å². The second-order valence-electron chi connectivity index (χ2n) is 8.00. The van der Waals surface area contributed by atoms with E-state index in [0.29, 0.717) is 32.8 Å². The third-order valence-corrected chi connectivity index (χ3v) is 6.97. The van der Waals surface area contributed by atoms with Crippen LogP contribution in [0, 0.1) is 0 Å². The molecule has 0 radical (unpaired) electrons. The van der Waals surface area contributed by atoms with Crippen molar-refractivity contribution in [3.8, 4) is 0 Å². The van der Waals surface area contributed by atoms with Gasteiger partial charge < -0.3 is 9.64 Å². The number of amides is 1. The number of ether oxygens (including phenoxy) is 1. The van der Waals surface area contributed by atoms with Gasteiger partial charge in [0.2, 0.25) is 0 Å². The zero-order valence-corrected chi connectivity index (χ0v) is 20.1. The minimum absolute atomic E-state index is 0.0185. The Kier molecular flexibility index (Phi) is 7.27. The van der Waals surface area contributed by atoms with E-state index in [1.54, 1.807) is 23.2 Å². The molecule has 4 heterocycles. The summed E-state index contributed by atoms with van der Waals surface area (Å²) in [5, 5.41) is 0. The molecule has 0 aromatic carbocycles. The fourth-order valence-electron chi connectivity index (χ4n) is 4.10. The van der Waals surface area contributed by atoms with Crippen molar-refractivity contribution in [2.24, 2.45) is 0 Å². The SMILES string of the molecule is CCCN(CCC)c1nc2ccccn2c(=O)c1/C=C1\SC(=S)N(C[C@H]2CCCO2)C1=O. The number of hydrogen-bond donors (Lipinski definition) is 0. The highest BCUT2D eigenvalue weighted by molar-refractivity contribution is 8.26. The predicted octanol–water partition coefficient (Wildman–Crippen LogP) is 3.70. The third-order valence-electron chi connectivity index (χ3n) is 5.59. The molecule has 0 bridgehead atoms. The Morgan fingerprint density at radius 1 is 1.28 bits per heavy atom. The number of aromatic nitrogens is 2. The fourth-order valence-corrected chi connectivity index (χ4v) is 5.36. The minimum Gasteiger partial charge on any atom is -0.376 e. The average molecular weight is 473 g/mol. The topological polar surface area (TPSA) is 67.2 Å².